The van der Waals surface area contributed by atoms with Crippen molar-refractivity contribution in [3.63, 3.8) is 0 Å². The predicted molar refractivity (Wildman–Crippen MR) is 41.8 cm³/mol. The van der Waals surface area contributed by atoms with Crippen LogP contribution in [-0.2, 0) is 9.53 Å². The van der Waals surface area contributed by atoms with E-state index in [0.717, 1.165) is 12.7 Å². The third-order valence-electron chi connectivity index (χ3n) is 1.36. The lowest BCUT2D eigenvalue weighted by Crippen LogP contribution is -2.21. The van der Waals surface area contributed by atoms with E-state index < -0.39 is 0 Å². The lowest BCUT2D eigenvalue weighted by molar-refractivity contribution is -0.114. The van der Waals surface area contributed by atoms with Crippen molar-refractivity contribution in [1.29, 1.82) is 0 Å². The topological polar surface area (TPSA) is 26.3 Å². The molecule has 0 aromatic heterocycles. The summed E-state index contributed by atoms with van der Waals surface area (Å²) in [7, 11) is 0. The Morgan fingerprint density at radius 1 is 1.90 bits per heavy atom. The van der Waals surface area contributed by atoms with Crippen molar-refractivity contribution in [2.75, 3.05) is 6.61 Å². The smallest absolute Gasteiger partial charge is 0.145 e. The van der Waals surface area contributed by atoms with Crippen LogP contribution in [0.4, 0.5) is 0 Å². The summed E-state index contributed by atoms with van der Waals surface area (Å²) < 4.78 is 5.27. The molecule has 0 spiro atoms. The zero-order valence-electron chi connectivity index (χ0n) is 5.87. The second-order valence-corrected chi connectivity index (χ2v) is 3.68. The molecule has 0 radical (unpaired) electrons. The first-order valence-electron chi connectivity index (χ1n) is 3.17. The van der Waals surface area contributed by atoms with Gasteiger partial charge in [-0.3, -0.25) is 0 Å². The highest BCUT2D eigenvalue weighted by molar-refractivity contribution is 8.03. The van der Waals surface area contributed by atoms with Crippen LogP contribution in [0.3, 0.4) is 0 Å². The van der Waals surface area contributed by atoms with Gasteiger partial charge in [0.05, 0.1) is 0 Å². The van der Waals surface area contributed by atoms with Gasteiger partial charge in [0.1, 0.15) is 17.8 Å². The Morgan fingerprint density at radius 3 is 3.20 bits per heavy atom. The van der Waals surface area contributed by atoms with E-state index in [9.17, 15) is 4.79 Å². The molecule has 2 nitrogen and oxygen atoms in total. The Kier molecular flexibility index (Phi) is 2.51. The maximum Gasteiger partial charge on any atom is 0.145 e. The second-order valence-electron chi connectivity index (χ2n) is 2.31. The number of ether oxygens (including phenoxy) is 1. The molecular formula is C7H10O2S. The molecular weight excluding hydrogens is 148 g/mol. The largest absolute Gasteiger partial charge is 0.357 e. The Hall–Kier alpha value is -0.280. The van der Waals surface area contributed by atoms with Crippen molar-refractivity contribution in [2.45, 2.75) is 18.3 Å². The van der Waals surface area contributed by atoms with Gasteiger partial charge in [0.25, 0.3) is 0 Å². The molecule has 1 aliphatic rings. The maximum absolute atomic E-state index is 9.95. The first-order chi connectivity index (χ1) is 4.77. The van der Waals surface area contributed by atoms with Crippen LogP contribution in [-0.4, -0.2) is 17.8 Å². The molecule has 56 valence electrons. The normalized spacial score (nSPS) is 30.9. The number of rotatable bonds is 3. The minimum absolute atomic E-state index is 0.180. The van der Waals surface area contributed by atoms with Crippen LogP contribution in [0.5, 0.6) is 0 Å². The first-order valence-corrected chi connectivity index (χ1v) is 4.05. The summed E-state index contributed by atoms with van der Waals surface area (Å²) in [6.07, 6.45) is 3.73. The molecule has 0 bridgehead atoms. The summed E-state index contributed by atoms with van der Waals surface area (Å²) in [6, 6.07) is 0. The van der Waals surface area contributed by atoms with E-state index in [2.05, 4.69) is 6.08 Å². The first kappa shape index (κ1) is 7.82. The van der Waals surface area contributed by atoms with E-state index in [-0.39, 0.29) is 11.5 Å². The van der Waals surface area contributed by atoms with E-state index in [1.807, 2.05) is 12.3 Å². The van der Waals surface area contributed by atoms with Crippen molar-refractivity contribution in [1.82, 2.24) is 0 Å². The zero-order valence-corrected chi connectivity index (χ0v) is 6.69. The molecule has 3 heteroatoms. The molecule has 0 aromatic rings. The van der Waals surface area contributed by atoms with E-state index in [1.165, 1.54) is 0 Å². The average Bonchev–Trinajstić information content (AvgIpc) is 2.33. The van der Waals surface area contributed by atoms with E-state index >= 15 is 0 Å². The molecule has 0 saturated carbocycles. The highest BCUT2D eigenvalue weighted by Gasteiger charge is 2.26. The third kappa shape index (κ3) is 1.85. The number of carbonyl (C=O) groups excluding carboxylic acids is 1. The van der Waals surface area contributed by atoms with Crippen LogP contribution >= 0.6 is 11.8 Å². The Balaban J connectivity index is 2.31. The molecule has 0 fully saturated rings. The van der Waals surface area contributed by atoms with Gasteiger partial charge in [0.15, 0.2) is 0 Å². The maximum atomic E-state index is 9.95. The molecule has 1 atom stereocenters. The van der Waals surface area contributed by atoms with Gasteiger partial charge in [0, 0.05) is 6.42 Å². The molecule has 0 aromatic carbocycles. The van der Waals surface area contributed by atoms with Gasteiger partial charge >= 0.3 is 0 Å². The summed E-state index contributed by atoms with van der Waals surface area (Å²) in [6.45, 7) is 2.19. The van der Waals surface area contributed by atoms with Crippen LogP contribution in [0, 0.1) is 0 Å². The monoisotopic (exact) mass is 158 g/mol. The van der Waals surface area contributed by atoms with Crippen molar-refractivity contribution in [2.24, 2.45) is 0 Å². The van der Waals surface area contributed by atoms with Crippen molar-refractivity contribution in [3.8, 4) is 0 Å². The fourth-order valence-corrected chi connectivity index (χ4v) is 1.61. The van der Waals surface area contributed by atoms with Gasteiger partial charge in [0.2, 0.25) is 0 Å². The predicted octanol–water partition coefficient (Wildman–Crippen LogP) is 1.57. The van der Waals surface area contributed by atoms with Gasteiger partial charge in [-0.1, -0.05) is 17.8 Å². The quantitative estimate of drug-likeness (QED) is 0.583. The molecule has 0 saturated heterocycles. The van der Waals surface area contributed by atoms with E-state index in [0.29, 0.717) is 0 Å². The number of hydrogen-bond acceptors (Lipinski definition) is 3. The Bertz CT molecular complexity index is 146. The number of carbonyl (C=O) groups is 1. The van der Waals surface area contributed by atoms with Gasteiger partial charge in [-0.2, -0.15) is 0 Å². The SMILES string of the molecule is CC1(OCC=O)CC=CS1. The van der Waals surface area contributed by atoms with E-state index in [1.54, 1.807) is 11.8 Å². The summed E-state index contributed by atoms with van der Waals surface area (Å²) in [4.78, 5) is 9.77. The van der Waals surface area contributed by atoms with Crippen molar-refractivity contribution >= 4 is 18.0 Å². The summed E-state index contributed by atoms with van der Waals surface area (Å²) in [5.41, 5.74) is 0. The summed E-state index contributed by atoms with van der Waals surface area (Å²) in [5, 5.41) is 2.00. The molecule has 10 heavy (non-hydrogen) atoms. The Morgan fingerprint density at radius 2 is 2.70 bits per heavy atom. The minimum Gasteiger partial charge on any atom is -0.357 e. The number of hydrogen-bond donors (Lipinski definition) is 0. The molecule has 1 heterocycles. The fraction of sp³-hybridized carbons (Fsp3) is 0.571. The van der Waals surface area contributed by atoms with Crippen molar-refractivity contribution < 1.29 is 9.53 Å². The van der Waals surface area contributed by atoms with Crippen LogP contribution in [0.25, 0.3) is 0 Å². The fourth-order valence-electron chi connectivity index (χ4n) is 0.806. The minimum atomic E-state index is -0.180. The molecule has 0 amide bonds. The molecule has 0 N–H and O–H groups in total. The molecule has 0 aliphatic carbocycles. The van der Waals surface area contributed by atoms with Crippen molar-refractivity contribution in [3.05, 3.63) is 11.5 Å². The number of aldehydes is 1. The van der Waals surface area contributed by atoms with Gasteiger partial charge < -0.3 is 9.53 Å². The molecule has 1 rings (SSSR count). The highest BCUT2D eigenvalue weighted by Crippen LogP contribution is 2.36. The van der Waals surface area contributed by atoms with Crippen LogP contribution in [0.2, 0.25) is 0 Å². The second kappa shape index (κ2) is 3.21. The summed E-state index contributed by atoms with van der Waals surface area (Å²) >= 11 is 1.62. The lowest BCUT2D eigenvalue weighted by atomic mass is 10.3. The van der Waals surface area contributed by atoms with E-state index in [4.69, 9.17) is 4.74 Å². The Labute approximate surface area is 64.6 Å². The van der Waals surface area contributed by atoms with Crippen LogP contribution < -0.4 is 0 Å². The third-order valence-corrected chi connectivity index (χ3v) is 2.47. The van der Waals surface area contributed by atoms with Gasteiger partial charge in [-0.25, -0.2) is 0 Å². The molecule has 1 unspecified atom stereocenters. The average molecular weight is 158 g/mol. The number of thioether (sulfide) groups is 1. The van der Waals surface area contributed by atoms with Crippen LogP contribution in [0.1, 0.15) is 13.3 Å². The summed E-state index contributed by atoms with van der Waals surface area (Å²) in [5.74, 6) is 0. The lowest BCUT2D eigenvalue weighted by Gasteiger charge is -2.21. The molecule has 1 aliphatic heterocycles. The van der Waals surface area contributed by atoms with Gasteiger partial charge in [-0.15, -0.1) is 0 Å². The van der Waals surface area contributed by atoms with Crippen LogP contribution in [0.15, 0.2) is 11.5 Å². The van der Waals surface area contributed by atoms with Gasteiger partial charge in [-0.05, 0) is 12.3 Å². The zero-order chi connectivity index (χ0) is 7.45. The standard InChI is InChI=1S/C7H10O2S/c1-7(9-5-4-8)3-2-6-10-7/h2,4,6H,3,5H2,1H3. The highest BCUT2D eigenvalue weighted by atomic mass is 32.2.